The van der Waals surface area contributed by atoms with E-state index in [1.54, 1.807) is 0 Å². The maximum atomic E-state index is 8.66. The minimum Gasteiger partial charge on any atom is -0.396 e. The highest BCUT2D eigenvalue weighted by Gasteiger charge is 2.30. The summed E-state index contributed by atoms with van der Waals surface area (Å²) in [6, 6.07) is 0. The van der Waals surface area contributed by atoms with Gasteiger partial charge in [0.15, 0.2) is 0 Å². The van der Waals surface area contributed by atoms with Gasteiger partial charge in [0.25, 0.3) is 0 Å². The Morgan fingerprint density at radius 1 is 1.45 bits per heavy atom. The van der Waals surface area contributed by atoms with Crippen LogP contribution in [0.2, 0.25) is 0 Å². The van der Waals surface area contributed by atoms with Crippen molar-refractivity contribution in [3.05, 3.63) is 0 Å². The predicted molar refractivity (Wildman–Crippen MR) is 44.5 cm³/mol. The lowest BCUT2D eigenvalue weighted by molar-refractivity contribution is -0.125. The first-order valence-corrected chi connectivity index (χ1v) is 4.61. The lowest BCUT2D eigenvalue weighted by Crippen LogP contribution is -2.40. The maximum Gasteiger partial charge on any atom is 0.0647 e. The molecule has 1 aliphatic heterocycles. The molecule has 0 saturated carbocycles. The summed E-state index contributed by atoms with van der Waals surface area (Å²) >= 11 is 0. The van der Waals surface area contributed by atoms with E-state index in [0.717, 1.165) is 18.9 Å². The summed E-state index contributed by atoms with van der Waals surface area (Å²) in [4.78, 5) is 0. The molecule has 0 aliphatic carbocycles. The molecule has 0 radical (unpaired) electrons. The van der Waals surface area contributed by atoms with E-state index < -0.39 is 0 Å². The van der Waals surface area contributed by atoms with Gasteiger partial charge in [0.05, 0.1) is 12.7 Å². The van der Waals surface area contributed by atoms with E-state index in [9.17, 15) is 0 Å². The first-order chi connectivity index (χ1) is 5.38. The van der Waals surface area contributed by atoms with E-state index >= 15 is 0 Å². The lowest BCUT2D eigenvalue weighted by Gasteiger charge is -2.36. The smallest absolute Gasteiger partial charge is 0.0647 e. The summed E-state index contributed by atoms with van der Waals surface area (Å²) < 4.78 is 5.32. The van der Waals surface area contributed by atoms with Crippen molar-refractivity contribution in [3.8, 4) is 0 Å². The van der Waals surface area contributed by atoms with Crippen LogP contribution in [-0.2, 0) is 4.74 Å². The minimum atomic E-state index is 0.271. The Labute approximate surface area is 68.6 Å². The molecule has 0 amide bonds. The Bertz CT molecular complexity index is 104. The third kappa shape index (κ3) is 2.46. The molecule has 1 aliphatic rings. The summed E-state index contributed by atoms with van der Waals surface area (Å²) in [7, 11) is 0. The minimum absolute atomic E-state index is 0.271. The molecule has 0 aromatic carbocycles. The SMILES string of the molecule is CCCCC1COC1CCO. The van der Waals surface area contributed by atoms with Crippen LogP contribution < -0.4 is 0 Å². The Morgan fingerprint density at radius 3 is 2.73 bits per heavy atom. The van der Waals surface area contributed by atoms with Gasteiger partial charge in [-0.05, 0) is 12.8 Å². The number of hydrogen-bond acceptors (Lipinski definition) is 2. The molecule has 2 heteroatoms. The third-order valence-electron chi connectivity index (χ3n) is 2.39. The zero-order valence-corrected chi connectivity index (χ0v) is 7.25. The summed E-state index contributed by atoms with van der Waals surface area (Å²) in [6.07, 6.45) is 5.04. The van der Waals surface area contributed by atoms with Crippen LogP contribution in [0.15, 0.2) is 0 Å². The molecule has 2 atom stereocenters. The molecule has 0 spiro atoms. The molecule has 1 N–H and O–H groups in total. The van der Waals surface area contributed by atoms with Gasteiger partial charge in [-0.2, -0.15) is 0 Å². The molecule has 2 unspecified atom stereocenters. The molecular weight excluding hydrogens is 140 g/mol. The molecule has 0 aromatic heterocycles. The third-order valence-corrected chi connectivity index (χ3v) is 2.39. The van der Waals surface area contributed by atoms with Crippen LogP contribution in [0.3, 0.4) is 0 Å². The Hall–Kier alpha value is -0.0800. The highest BCUT2D eigenvalue weighted by molar-refractivity contribution is 4.78. The van der Waals surface area contributed by atoms with Crippen molar-refractivity contribution in [1.29, 1.82) is 0 Å². The molecule has 11 heavy (non-hydrogen) atoms. The highest BCUT2D eigenvalue weighted by atomic mass is 16.5. The van der Waals surface area contributed by atoms with Crippen molar-refractivity contribution in [2.75, 3.05) is 13.2 Å². The van der Waals surface area contributed by atoms with Gasteiger partial charge in [-0.15, -0.1) is 0 Å². The highest BCUT2D eigenvalue weighted by Crippen LogP contribution is 2.27. The monoisotopic (exact) mass is 158 g/mol. The first kappa shape index (κ1) is 9.01. The fraction of sp³-hybridized carbons (Fsp3) is 1.00. The Morgan fingerprint density at radius 2 is 2.27 bits per heavy atom. The van der Waals surface area contributed by atoms with Crippen molar-refractivity contribution in [2.24, 2.45) is 5.92 Å². The van der Waals surface area contributed by atoms with E-state index in [4.69, 9.17) is 9.84 Å². The van der Waals surface area contributed by atoms with Crippen molar-refractivity contribution in [3.63, 3.8) is 0 Å². The number of aliphatic hydroxyl groups is 1. The van der Waals surface area contributed by atoms with Gasteiger partial charge in [0.1, 0.15) is 0 Å². The van der Waals surface area contributed by atoms with Crippen LogP contribution >= 0.6 is 0 Å². The van der Waals surface area contributed by atoms with Gasteiger partial charge in [-0.3, -0.25) is 0 Å². The van der Waals surface area contributed by atoms with E-state index in [0.29, 0.717) is 6.10 Å². The fourth-order valence-corrected chi connectivity index (χ4v) is 1.55. The summed E-state index contributed by atoms with van der Waals surface area (Å²) in [5.74, 6) is 0.738. The predicted octanol–water partition coefficient (Wildman–Crippen LogP) is 1.57. The number of aliphatic hydroxyl groups excluding tert-OH is 1. The number of hydrogen-bond donors (Lipinski definition) is 1. The lowest BCUT2D eigenvalue weighted by atomic mass is 9.90. The largest absolute Gasteiger partial charge is 0.396 e. The Kier molecular flexibility index (Phi) is 3.87. The van der Waals surface area contributed by atoms with Crippen LogP contribution in [0.1, 0.15) is 32.6 Å². The van der Waals surface area contributed by atoms with Gasteiger partial charge >= 0.3 is 0 Å². The number of ether oxygens (including phenoxy) is 1. The number of unbranched alkanes of at least 4 members (excludes halogenated alkanes) is 1. The van der Waals surface area contributed by atoms with E-state index in [1.807, 2.05) is 0 Å². The van der Waals surface area contributed by atoms with Crippen molar-refractivity contribution < 1.29 is 9.84 Å². The van der Waals surface area contributed by atoms with E-state index in [1.165, 1.54) is 19.3 Å². The van der Waals surface area contributed by atoms with Crippen LogP contribution in [0.4, 0.5) is 0 Å². The van der Waals surface area contributed by atoms with Crippen LogP contribution in [0.5, 0.6) is 0 Å². The Balaban J connectivity index is 2.05. The molecule has 1 fully saturated rings. The average Bonchev–Trinajstić information content (AvgIpc) is 1.99. The van der Waals surface area contributed by atoms with Gasteiger partial charge < -0.3 is 9.84 Å². The summed E-state index contributed by atoms with van der Waals surface area (Å²) in [5.41, 5.74) is 0. The molecule has 0 bridgehead atoms. The van der Waals surface area contributed by atoms with Crippen LogP contribution in [0, 0.1) is 5.92 Å². The molecule has 1 rings (SSSR count). The molecule has 1 heterocycles. The first-order valence-electron chi connectivity index (χ1n) is 4.61. The zero-order valence-electron chi connectivity index (χ0n) is 7.25. The topological polar surface area (TPSA) is 29.5 Å². The van der Waals surface area contributed by atoms with Crippen LogP contribution in [-0.4, -0.2) is 24.4 Å². The second kappa shape index (κ2) is 4.73. The average molecular weight is 158 g/mol. The standard InChI is InChI=1S/C9H18O2/c1-2-3-4-8-7-11-9(8)5-6-10/h8-10H,2-7H2,1H3. The molecule has 1 saturated heterocycles. The number of rotatable bonds is 5. The van der Waals surface area contributed by atoms with Gasteiger partial charge in [-0.25, -0.2) is 0 Å². The van der Waals surface area contributed by atoms with Gasteiger partial charge in [0.2, 0.25) is 0 Å². The van der Waals surface area contributed by atoms with Gasteiger partial charge in [0, 0.05) is 12.5 Å². The maximum absolute atomic E-state index is 8.66. The quantitative estimate of drug-likeness (QED) is 0.658. The fourth-order valence-electron chi connectivity index (χ4n) is 1.55. The van der Waals surface area contributed by atoms with E-state index in [2.05, 4.69) is 6.92 Å². The molecule has 2 nitrogen and oxygen atoms in total. The second-order valence-corrected chi connectivity index (χ2v) is 3.29. The zero-order chi connectivity index (χ0) is 8.10. The molecule has 66 valence electrons. The van der Waals surface area contributed by atoms with E-state index in [-0.39, 0.29) is 6.61 Å². The van der Waals surface area contributed by atoms with Gasteiger partial charge in [-0.1, -0.05) is 19.8 Å². The van der Waals surface area contributed by atoms with Crippen molar-refractivity contribution in [1.82, 2.24) is 0 Å². The molecule has 0 aromatic rings. The van der Waals surface area contributed by atoms with Crippen molar-refractivity contribution in [2.45, 2.75) is 38.7 Å². The normalized spacial score (nSPS) is 30.0. The van der Waals surface area contributed by atoms with Crippen molar-refractivity contribution >= 4 is 0 Å². The summed E-state index contributed by atoms with van der Waals surface area (Å²) in [5, 5.41) is 8.66. The second-order valence-electron chi connectivity index (χ2n) is 3.29. The summed E-state index contributed by atoms with van der Waals surface area (Å²) in [6.45, 7) is 3.40. The molecular formula is C9H18O2. The van der Waals surface area contributed by atoms with Crippen LogP contribution in [0.25, 0.3) is 0 Å².